The zero-order valence-corrected chi connectivity index (χ0v) is 21.7. The summed E-state index contributed by atoms with van der Waals surface area (Å²) in [4.78, 5) is 19.9. The topological polar surface area (TPSA) is 41.9 Å². The molecular formula is C26H20Cl3FN2O2S. The Morgan fingerprint density at radius 3 is 2.40 bits per heavy atom. The average molecular weight is 550 g/mol. The summed E-state index contributed by atoms with van der Waals surface area (Å²) < 4.78 is 19.6. The van der Waals surface area contributed by atoms with Crippen molar-refractivity contribution < 1.29 is 13.9 Å². The molecular weight excluding hydrogens is 530 g/mol. The first-order valence-electron chi connectivity index (χ1n) is 10.8. The third kappa shape index (κ3) is 6.19. The number of ether oxygens (including phenoxy) is 1. The van der Waals surface area contributed by atoms with Gasteiger partial charge in [-0.1, -0.05) is 59.9 Å². The predicted molar refractivity (Wildman–Crippen MR) is 143 cm³/mol. The first-order valence-corrected chi connectivity index (χ1v) is 12.7. The highest BCUT2D eigenvalue weighted by Crippen LogP contribution is 2.38. The van der Waals surface area contributed by atoms with Gasteiger partial charge in [-0.2, -0.15) is 0 Å². The molecule has 0 N–H and O–H groups in total. The van der Waals surface area contributed by atoms with Gasteiger partial charge in [-0.3, -0.25) is 9.69 Å². The molecule has 1 amide bonds. The smallest absolute Gasteiger partial charge is 0.266 e. The number of hydrogen-bond acceptors (Lipinski definition) is 4. The molecule has 4 nitrogen and oxygen atoms in total. The largest absolute Gasteiger partial charge is 0.486 e. The van der Waals surface area contributed by atoms with E-state index in [1.807, 2.05) is 6.92 Å². The SMILES string of the molecule is CCCN1C(=O)/C(=C/c2cc(Cl)c(OCc3ccccc3F)c(Cl)c2)SC1=Nc1ccc(Cl)cc1. The van der Waals surface area contributed by atoms with Crippen LogP contribution in [0.15, 0.2) is 70.6 Å². The summed E-state index contributed by atoms with van der Waals surface area (Å²) in [6, 6.07) is 16.7. The number of aliphatic imine (C=N–C) groups is 1. The van der Waals surface area contributed by atoms with Crippen LogP contribution in [0.2, 0.25) is 15.1 Å². The molecule has 0 radical (unpaired) electrons. The number of halogens is 4. The minimum Gasteiger partial charge on any atom is -0.486 e. The van der Waals surface area contributed by atoms with Crippen LogP contribution in [-0.4, -0.2) is 22.5 Å². The summed E-state index contributed by atoms with van der Waals surface area (Å²) in [5, 5.41) is 1.73. The summed E-state index contributed by atoms with van der Waals surface area (Å²) in [6.07, 6.45) is 2.50. The van der Waals surface area contributed by atoms with Gasteiger partial charge >= 0.3 is 0 Å². The van der Waals surface area contributed by atoms with Crippen LogP contribution in [0.5, 0.6) is 5.75 Å². The molecule has 0 aliphatic carbocycles. The number of carbonyl (C=O) groups excluding carboxylic acids is 1. The van der Waals surface area contributed by atoms with E-state index in [1.165, 1.54) is 17.8 Å². The number of nitrogens with zero attached hydrogens (tertiary/aromatic N) is 2. The molecule has 0 saturated carbocycles. The van der Waals surface area contributed by atoms with E-state index in [0.29, 0.717) is 38.5 Å². The van der Waals surface area contributed by atoms with E-state index in [4.69, 9.17) is 39.5 Å². The lowest BCUT2D eigenvalue weighted by molar-refractivity contribution is -0.122. The van der Waals surface area contributed by atoms with Gasteiger partial charge in [-0.15, -0.1) is 0 Å². The summed E-state index contributed by atoms with van der Waals surface area (Å²) in [7, 11) is 0. The number of carbonyl (C=O) groups is 1. The van der Waals surface area contributed by atoms with E-state index in [2.05, 4.69) is 4.99 Å². The number of amides is 1. The minimum absolute atomic E-state index is 0.0165. The lowest BCUT2D eigenvalue weighted by Gasteiger charge is -2.14. The van der Waals surface area contributed by atoms with Gasteiger partial charge < -0.3 is 4.74 Å². The summed E-state index contributed by atoms with van der Waals surface area (Å²) in [6.45, 7) is 2.52. The van der Waals surface area contributed by atoms with Crippen LogP contribution >= 0.6 is 46.6 Å². The number of thioether (sulfide) groups is 1. The van der Waals surface area contributed by atoms with Gasteiger partial charge in [-0.25, -0.2) is 9.38 Å². The van der Waals surface area contributed by atoms with Crippen LogP contribution in [-0.2, 0) is 11.4 Å². The molecule has 1 aliphatic rings. The standard InChI is InChI=1S/C26H20Cl3FN2O2S/c1-2-11-32-25(33)23(35-26(32)31-19-9-7-18(27)8-10-19)14-16-12-20(28)24(21(29)13-16)34-15-17-5-3-4-6-22(17)30/h3-10,12-14H,2,11,15H2,1H3/b23-14-,31-26?. The molecule has 0 bridgehead atoms. The molecule has 180 valence electrons. The molecule has 1 saturated heterocycles. The van der Waals surface area contributed by atoms with Crippen molar-refractivity contribution >= 4 is 69.4 Å². The maximum Gasteiger partial charge on any atom is 0.266 e. The molecule has 9 heteroatoms. The van der Waals surface area contributed by atoms with E-state index in [9.17, 15) is 9.18 Å². The summed E-state index contributed by atoms with van der Waals surface area (Å²) in [5.41, 5.74) is 1.73. The van der Waals surface area contributed by atoms with Gasteiger partial charge in [0.2, 0.25) is 0 Å². The quantitative estimate of drug-likeness (QED) is 0.278. The summed E-state index contributed by atoms with van der Waals surface area (Å²) >= 11 is 20.1. The second-order valence-corrected chi connectivity index (χ2v) is 9.89. The molecule has 4 rings (SSSR count). The maximum absolute atomic E-state index is 13.9. The lowest BCUT2D eigenvalue weighted by atomic mass is 10.2. The highest BCUT2D eigenvalue weighted by atomic mass is 35.5. The number of benzene rings is 3. The van der Waals surface area contributed by atoms with Crippen molar-refractivity contribution in [3.8, 4) is 5.75 Å². The van der Waals surface area contributed by atoms with E-state index in [0.717, 1.165) is 6.42 Å². The van der Waals surface area contributed by atoms with Crippen molar-refractivity contribution in [1.29, 1.82) is 0 Å². The normalized spacial score (nSPS) is 15.9. The van der Waals surface area contributed by atoms with Crippen LogP contribution in [0.3, 0.4) is 0 Å². The Morgan fingerprint density at radius 2 is 1.74 bits per heavy atom. The Balaban J connectivity index is 1.57. The fourth-order valence-corrected chi connectivity index (χ4v) is 5.12. The molecule has 0 spiro atoms. The first kappa shape index (κ1) is 25.6. The molecule has 0 atom stereocenters. The van der Waals surface area contributed by atoms with Crippen molar-refractivity contribution in [2.75, 3.05) is 6.54 Å². The molecule has 3 aromatic rings. The van der Waals surface area contributed by atoms with Gasteiger partial charge in [-0.05, 0) is 72.3 Å². The molecule has 3 aromatic carbocycles. The van der Waals surface area contributed by atoms with Crippen molar-refractivity contribution in [3.63, 3.8) is 0 Å². The molecule has 1 heterocycles. The van der Waals surface area contributed by atoms with Gasteiger partial charge in [0.25, 0.3) is 5.91 Å². The third-order valence-electron chi connectivity index (χ3n) is 5.03. The number of rotatable bonds is 7. The van der Waals surface area contributed by atoms with E-state index >= 15 is 0 Å². The van der Waals surface area contributed by atoms with E-state index < -0.39 is 0 Å². The fraction of sp³-hybridized carbons (Fsp3) is 0.154. The van der Waals surface area contributed by atoms with Crippen LogP contribution in [0.4, 0.5) is 10.1 Å². The van der Waals surface area contributed by atoms with Crippen LogP contribution in [0.25, 0.3) is 6.08 Å². The van der Waals surface area contributed by atoms with Crippen molar-refractivity contribution in [1.82, 2.24) is 4.90 Å². The highest BCUT2D eigenvalue weighted by molar-refractivity contribution is 8.18. The third-order valence-corrected chi connectivity index (χ3v) is 6.85. The Bertz CT molecular complexity index is 1290. The minimum atomic E-state index is -0.370. The Labute approximate surface area is 222 Å². The molecule has 1 aliphatic heterocycles. The predicted octanol–water partition coefficient (Wildman–Crippen LogP) is 8.38. The Morgan fingerprint density at radius 1 is 1.06 bits per heavy atom. The van der Waals surface area contributed by atoms with Crippen molar-refractivity contribution in [2.45, 2.75) is 20.0 Å². The lowest BCUT2D eigenvalue weighted by Crippen LogP contribution is -2.29. The van der Waals surface area contributed by atoms with Gasteiger partial charge in [0.15, 0.2) is 10.9 Å². The molecule has 35 heavy (non-hydrogen) atoms. The first-order chi connectivity index (χ1) is 16.9. The Kier molecular flexibility index (Phi) is 8.39. The van der Waals surface area contributed by atoms with Gasteiger partial charge in [0, 0.05) is 17.1 Å². The highest BCUT2D eigenvalue weighted by Gasteiger charge is 2.32. The zero-order chi connectivity index (χ0) is 24.9. The van der Waals surface area contributed by atoms with E-state index in [-0.39, 0.29) is 34.1 Å². The zero-order valence-electron chi connectivity index (χ0n) is 18.6. The van der Waals surface area contributed by atoms with Crippen LogP contribution < -0.4 is 4.74 Å². The molecule has 1 fully saturated rings. The number of hydrogen-bond donors (Lipinski definition) is 0. The second-order valence-electron chi connectivity index (χ2n) is 7.63. The van der Waals surface area contributed by atoms with Gasteiger partial charge in [0.05, 0.1) is 20.6 Å². The second kappa shape index (κ2) is 11.5. The van der Waals surface area contributed by atoms with Crippen LogP contribution in [0, 0.1) is 5.82 Å². The average Bonchev–Trinajstić information content (AvgIpc) is 3.10. The fourth-order valence-electron chi connectivity index (χ4n) is 3.36. The monoisotopic (exact) mass is 548 g/mol. The van der Waals surface area contributed by atoms with Gasteiger partial charge in [0.1, 0.15) is 12.4 Å². The molecule has 0 unspecified atom stereocenters. The number of amidine groups is 1. The summed E-state index contributed by atoms with van der Waals surface area (Å²) in [5.74, 6) is -0.260. The Hall–Kier alpha value is -2.51. The van der Waals surface area contributed by atoms with E-state index in [1.54, 1.807) is 65.6 Å². The van der Waals surface area contributed by atoms with Crippen molar-refractivity contribution in [3.05, 3.63) is 97.6 Å². The van der Waals surface area contributed by atoms with Crippen LogP contribution in [0.1, 0.15) is 24.5 Å². The van der Waals surface area contributed by atoms with Crippen molar-refractivity contribution in [2.24, 2.45) is 4.99 Å². The molecule has 0 aromatic heterocycles. The maximum atomic E-state index is 13.9.